The van der Waals surface area contributed by atoms with Crippen LogP contribution < -0.4 is 5.73 Å². The third-order valence-electron chi connectivity index (χ3n) is 2.27. The molecule has 2 N–H and O–H groups in total. The number of rotatable bonds is 2. The lowest BCUT2D eigenvalue weighted by Crippen LogP contribution is -2.02. The number of furan rings is 1. The van der Waals surface area contributed by atoms with Crippen molar-refractivity contribution in [2.24, 2.45) is 5.73 Å². The highest BCUT2D eigenvalue weighted by Gasteiger charge is 2.10. The van der Waals surface area contributed by atoms with E-state index < -0.39 is 0 Å². The minimum atomic E-state index is -0.125. The van der Waals surface area contributed by atoms with E-state index in [2.05, 4.69) is 0 Å². The van der Waals surface area contributed by atoms with E-state index in [0.29, 0.717) is 15.8 Å². The van der Waals surface area contributed by atoms with E-state index in [4.69, 9.17) is 33.4 Å². The van der Waals surface area contributed by atoms with Gasteiger partial charge in [0.2, 0.25) is 0 Å². The van der Waals surface area contributed by atoms with Gasteiger partial charge < -0.3 is 10.2 Å². The molecule has 2 aromatic rings. The molecule has 0 saturated carbocycles. The number of hydrogen-bond donors (Lipinski definition) is 1. The van der Waals surface area contributed by atoms with E-state index in [-0.39, 0.29) is 6.04 Å². The summed E-state index contributed by atoms with van der Waals surface area (Å²) >= 11 is 11.9. The first kappa shape index (κ1) is 11.5. The fourth-order valence-electron chi connectivity index (χ4n) is 1.43. The average molecular weight is 256 g/mol. The molecule has 0 aliphatic carbocycles. The van der Waals surface area contributed by atoms with E-state index in [0.717, 1.165) is 11.3 Å². The lowest BCUT2D eigenvalue weighted by atomic mass is 10.2. The molecular weight excluding hydrogens is 245 g/mol. The van der Waals surface area contributed by atoms with Crippen molar-refractivity contribution in [3.63, 3.8) is 0 Å². The van der Waals surface area contributed by atoms with Gasteiger partial charge in [0.25, 0.3) is 0 Å². The van der Waals surface area contributed by atoms with Gasteiger partial charge in [0.05, 0.1) is 11.1 Å². The molecule has 84 valence electrons. The van der Waals surface area contributed by atoms with E-state index in [9.17, 15) is 0 Å². The van der Waals surface area contributed by atoms with Crippen molar-refractivity contribution in [1.29, 1.82) is 0 Å². The largest absolute Gasteiger partial charge is 0.459 e. The molecule has 1 heterocycles. The molecule has 1 unspecified atom stereocenters. The first-order chi connectivity index (χ1) is 7.58. The van der Waals surface area contributed by atoms with Crippen molar-refractivity contribution in [2.75, 3.05) is 0 Å². The third kappa shape index (κ3) is 2.24. The Morgan fingerprint density at radius 3 is 2.50 bits per heavy atom. The highest BCUT2D eigenvalue weighted by Crippen LogP contribution is 2.32. The highest BCUT2D eigenvalue weighted by molar-refractivity contribution is 6.36. The smallest absolute Gasteiger partial charge is 0.135 e. The molecule has 0 aliphatic rings. The lowest BCUT2D eigenvalue weighted by molar-refractivity contribution is 0.491. The molecule has 0 bridgehead atoms. The van der Waals surface area contributed by atoms with Crippen LogP contribution in [0.25, 0.3) is 11.3 Å². The maximum absolute atomic E-state index is 6.08. The van der Waals surface area contributed by atoms with Gasteiger partial charge in [0.1, 0.15) is 11.5 Å². The van der Waals surface area contributed by atoms with Gasteiger partial charge in [-0.1, -0.05) is 23.2 Å². The Morgan fingerprint density at radius 2 is 1.94 bits per heavy atom. The van der Waals surface area contributed by atoms with Crippen LogP contribution in [-0.2, 0) is 0 Å². The second kappa shape index (κ2) is 4.50. The van der Waals surface area contributed by atoms with Gasteiger partial charge in [-0.2, -0.15) is 0 Å². The summed E-state index contributed by atoms with van der Waals surface area (Å²) in [6, 6.07) is 8.87. The minimum absolute atomic E-state index is 0.125. The zero-order chi connectivity index (χ0) is 11.7. The van der Waals surface area contributed by atoms with Gasteiger partial charge in [-0.3, -0.25) is 0 Å². The molecule has 0 spiro atoms. The SMILES string of the molecule is CC(N)c1ccc(-c2ccc(Cl)cc2Cl)o1. The summed E-state index contributed by atoms with van der Waals surface area (Å²) in [7, 11) is 0. The van der Waals surface area contributed by atoms with Crippen LogP contribution in [0.4, 0.5) is 0 Å². The van der Waals surface area contributed by atoms with Crippen molar-refractivity contribution in [1.82, 2.24) is 0 Å². The number of nitrogens with two attached hydrogens (primary N) is 1. The zero-order valence-corrected chi connectivity index (χ0v) is 10.2. The summed E-state index contributed by atoms with van der Waals surface area (Å²) in [5.41, 5.74) is 6.54. The van der Waals surface area contributed by atoms with E-state index in [1.807, 2.05) is 25.1 Å². The maximum Gasteiger partial charge on any atom is 0.135 e. The first-order valence-corrected chi connectivity index (χ1v) is 5.64. The molecule has 2 nitrogen and oxygen atoms in total. The first-order valence-electron chi connectivity index (χ1n) is 4.88. The lowest BCUT2D eigenvalue weighted by Gasteiger charge is -2.02. The molecule has 2 rings (SSSR count). The quantitative estimate of drug-likeness (QED) is 0.871. The molecule has 1 atom stereocenters. The second-order valence-corrected chi connectivity index (χ2v) is 4.46. The van der Waals surface area contributed by atoms with Gasteiger partial charge in [-0.15, -0.1) is 0 Å². The van der Waals surface area contributed by atoms with Gasteiger partial charge in [-0.05, 0) is 37.3 Å². The van der Waals surface area contributed by atoms with Crippen LogP contribution in [0.1, 0.15) is 18.7 Å². The second-order valence-electron chi connectivity index (χ2n) is 3.61. The fourth-order valence-corrected chi connectivity index (χ4v) is 1.93. The Labute approximate surface area is 104 Å². The molecule has 1 aromatic heterocycles. The van der Waals surface area contributed by atoms with Crippen LogP contribution in [0.2, 0.25) is 10.0 Å². The Bertz CT molecular complexity index is 505. The number of hydrogen-bond acceptors (Lipinski definition) is 2. The topological polar surface area (TPSA) is 39.2 Å². The summed E-state index contributed by atoms with van der Waals surface area (Å²) in [6.07, 6.45) is 0. The highest BCUT2D eigenvalue weighted by atomic mass is 35.5. The van der Waals surface area contributed by atoms with Crippen molar-refractivity contribution in [2.45, 2.75) is 13.0 Å². The van der Waals surface area contributed by atoms with Crippen LogP contribution in [0.5, 0.6) is 0 Å². The van der Waals surface area contributed by atoms with E-state index >= 15 is 0 Å². The van der Waals surface area contributed by atoms with Gasteiger partial charge in [0.15, 0.2) is 0 Å². The fraction of sp³-hybridized carbons (Fsp3) is 0.167. The molecule has 4 heteroatoms. The van der Waals surface area contributed by atoms with Crippen molar-refractivity contribution in [3.05, 3.63) is 46.1 Å². The number of halogens is 2. The Kier molecular flexibility index (Phi) is 3.24. The Balaban J connectivity index is 2.42. The van der Waals surface area contributed by atoms with Crippen molar-refractivity contribution in [3.8, 4) is 11.3 Å². The summed E-state index contributed by atoms with van der Waals surface area (Å²) < 4.78 is 5.60. The van der Waals surface area contributed by atoms with Crippen LogP contribution in [0.3, 0.4) is 0 Å². The van der Waals surface area contributed by atoms with Gasteiger partial charge >= 0.3 is 0 Å². The summed E-state index contributed by atoms with van der Waals surface area (Å²) in [5.74, 6) is 1.44. The molecule has 16 heavy (non-hydrogen) atoms. The van der Waals surface area contributed by atoms with Gasteiger partial charge in [0, 0.05) is 10.6 Å². The molecule has 0 radical (unpaired) electrons. The van der Waals surface area contributed by atoms with Crippen LogP contribution >= 0.6 is 23.2 Å². The van der Waals surface area contributed by atoms with Crippen molar-refractivity contribution >= 4 is 23.2 Å². The predicted molar refractivity (Wildman–Crippen MR) is 66.8 cm³/mol. The van der Waals surface area contributed by atoms with Crippen LogP contribution in [0.15, 0.2) is 34.7 Å². The molecule has 1 aromatic carbocycles. The summed E-state index contributed by atoms with van der Waals surface area (Å²) in [6.45, 7) is 1.87. The van der Waals surface area contributed by atoms with E-state index in [1.54, 1.807) is 12.1 Å². The normalized spacial score (nSPS) is 12.8. The van der Waals surface area contributed by atoms with Gasteiger partial charge in [-0.25, -0.2) is 0 Å². The molecule has 0 fully saturated rings. The molecular formula is C12H11Cl2NO. The monoisotopic (exact) mass is 255 g/mol. The summed E-state index contributed by atoms with van der Waals surface area (Å²) in [4.78, 5) is 0. The standard InChI is InChI=1S/C12H11Cl2NO/c1-7(15)11-4-5-12(16-11)9-3-2-8(13)6-10(9)14/h2-7H,15H2,1H3. The predicted octanol–water partition coefficient (Wildman–Crippen LogP) is 4.27. The molecule has 0 saturated heterocycles. The number of benzene rings is 1. The van der Waals surface area contributed by atoms with Crippen LogP contribution in [-0.4, -0.2) is 0 Å². The molecule has 0 aliphatic heterocycles. The average Bonchev–Trinajstić information content (AvgIpc) is 2.66. The Hall–Kier alpha value is -0.960. The van der Waals surface area contributed by atoms with Crippen LogP contribution in [0, 0.1) is 0 Å². The third-order valence-corrected chi connectivity index (χ3v) is 2.82. The minimum Gasteiger partial charge on any atom is -0.459 e. The molecule has 0 amide bonds. The summed E-state index contributed by atoms with van der Waals surface area (Å²) in [5, 5.41) is 1.17. The maximum atomic E-state index is 6.08. The zero-order valence-electron chi connectivity index (χ0n) is 8.71. The van der Waals surface area contributed by atoms with E-state index in [1.165, 1.54) is 0 Å². The Morgan fingerprint density at radius 1 is 1.19 bits per heavy atom. The van der Waals surface area contributed by atoms with Crippen molar-refractivity contribution < 1.29 is 4.42 Å².